The fourth-order valence-corrected chi connectivity index (χ4v) is 3.08. The molecule has 2 aromatic heterocycles. The molecule has 2 rings (SSSR count). The van der Waals surface area contributed by atoms with E-state index in [-0.39, 0.29) is 5.09 Å². The van der Waals surface area contributed by atoms with Crippen LogP contribution in [0.25, 0.3) is 10.4 Å². The predicted molar refractivity (Wildman–Crippen MR) is 63.7 cm³/mol. The number of rotatable bonds is 4. The van der Waals surface area contributed by atoms with E-state index in [9.17, 15) is 13.2 Å². The van der Waals surface area contributed by atoms with Gasteiger partial charge in [0, 0.05) is 4.88 Å². The van der Waals surface area contributed by atoms with Crippen LogP contribution in [0.4, 0.5) is 0 Å². The number of thiophene rings is 1. The van der Waals surface area contributed by atoms with Crippen LogP contribution in [0, 0.1) is 0 Å². The zero-order valence-corrected chi connectivity index (χ0v) is 10.5. The Balaban J connectivity index is 2.54. The van der Waals surface area contributed by atoms with Crippen LogP contribution >= 0.6 is 11.3 Å². The van der Waals surface area contributed by atoms with Gasteiger partial charge in [0.05, 0.1) is 16.7 Å². The van der Waals surface area contributed by atoms with Crippen molar-refractivity contribution in [1.29, 1.82) is 0 Å². The Hall–Kier alpha value is -1.44. The van der Waals surface area contributed by atoms with Crippen LogP contribution in [0.2, 0.25) is 0 Å². The summed E-state index contributed by atoms with van der Waals surface area (Å²) in [6, 6.07) is 4.88. The van der Waals surface area contributed by atoms with Gasteiger partial charge < -0.3 is 4.42 Å². The van der Waals surface area contributed by atoms with Crippen molar-refractivity contribution in [3.63, 3.8) is 0 Å². The highest BCUT2D eigenvalue weighted by Crippen LogP contribution is 2.33. The summed E-state index contributed by atoms with van der Waals surface area (Å²) in [6.07, 6.45) is 2.03. The van der Waals surface area contributed by atoms with Crippen LogP contribution in [0.3, 0.4) is 0 Å². The van der Waals surface area contributed by atoms with E-state index in [1.165, 1.54) is 24.6 Å². The van der Waals surface area contributed by atoms with Crippen LogP contribution in [-0.2, 0) is 10.0 Å². The van der Waals surface area contributed by atoms with Gasteiger partial charge in [-0.1, -0.05) is 0 Å². The zero-order chi connectivity index (χ0) is 12.5. The molecule has 17 heavy (non-hydrogen) atoms. The van der Waals surface area contributed by atoms with Gasteiger partial charge in [0.15, 0.2) is 6.29 Å². The van der Waals surface area contributed by atoms with Gasteiger partial charge in [-0.3, -0.25) is 4.79 Å². The zero-order valence-electron chi connectivity index (χ0n) is 8.84. The van der Waals surface area contributed by atoms with E-state index in [0.29, 0.717) is 15.3 Å². The standard InChI is InChI=1S/C10H9NO4S2/c1-11-17(13,14)10-8(4-5-15-10)9-3-2-7(6-12)16-9/h2-6,11H,1H3. The first-order valence-corrected chi connectivity index (χ1v) is 6.95. The number of hydrogen-bond donors (Lipinski definition) is 1. The first-order chi connectivity index (χ1) is 8.08. The lowest BCUT2D eigenvalue weighted by Crippen LogP contribution is -2.18. The second-order valence-electron chi connectivity index (χ2n) is 3.15. The Morgan fingerprint density at radius 2 is 2.12 bits per heavy atom. The van der Waals surface area contributed by atoms with Crippen LogP contribution in [0.1, 0.15) is 9.67 Å². The second kappa shape index (κ2) is 4.44. The summed E-state index contributed by atoms with van der Waals surface area (Å²) in [4.78, 5) is 11.8. The molecule has 0 saturated carbocycles. The van der Waals surface area contributed by atoms with E-state index in [0.717, 1.165) is 6.29 Å². The molecule has 0 amide bonds. The maximum atomic E-state index is 11.7. The fraction of sp³-hybridized carbons (Fsp3) is 0.100. The van der Waals surface area contributed by atoms with Crippen LogP contribution in [-0.4, -0.2) is 21.8 Å². The maximum absolute atomic E-state index is 11.7. The molecule has 2 heterocycles. The molecule has 1 N–H and O–H groups in total. The minimum absolute atomic E-state index is 0.140. The highest BCUT2D eigenvalue weighted by Gasteiger charge is 2.22. The van der Waals surface area contributed by atoms with Gasteiger partial charge in [0.2, 0.25) is 5.09 Å². The Bertz CT molecular complexity index is 639. The molecule has 0 saturated heterocycles. The van der Waals surface area contributed by atoms with E-state index in [1.54, 1.807) is 18.2 Å². The van der Waals surface area contributed by atoms with Gasteiger partial charge in [-0.15, -0.1) is 11.3 Å². The minimum atomic E-state index is -3.63. The number of furan rings is 1. The third-order valence-corrected chi connectivity index (χ3v) is 4.54. The largest absolute Gasteiger partial charge is 0.451 e. The Morgan fingerprint density at radius 3 is 2.71 bits per heavy atom. The molecular formula is C10H9NO4S2. The molecule has 0 spiro atoms. The molecule has 0 atom stereocenters. The summed E-state index contributed by atoms with van der Waals surface area (Å²) in [7, 11) is -2.32. The van der Waals surface area contributed by atoms with Gasteiger partial charge in [0.1, 0.15) is 0 Å². The van der Waals surface area contributed by atoms with Gasteiger partial charge >= 0.3 is 0 Å². The highest BCUT2D eigenvalue weighted by molar-refractivity contribution is 7.89. The highest BCUT2D eigenvalue weighted by atomic mass is 32.2. The van der Waals surface area contributed by atoms with E-state index < -0.39 is 10.0 Å². The lowest BCUT2D eigenvalue weighted by atomic mass is 10.3. The topological polar surface area (TPSA) is 76.4 Å². The van der Waals surface area contributed by atoms with Gasteiger partial charge in [-0.25, -0.2) is 13.1 Å². The third-order valence-electron chi connectivity index (χ3n) is 2.15. The van der Waals surface area contributed by atoms with E-state index in [4.69, 9.17) is 4.42 Å². The Labute approximate surface area is 102 Å². The lowest BCUT2D eigenvalue weighted by Gasteiger charge is -2.00. The van der Waals surface area contributed by atoms with Crippen molar-refractivity contribution in [2.75, 3.05) is 7.05 Å². The van der Waals surface area contributed by atoms with Crippen molar-refractivity contribution in [2.45, 2.75) is 5.09 Å². The SMILES string of the molecule is CNS(=O)(=O)c1occc1-c1ccc(C=O)s1. The number of aldehydes is 1. The first-order valence-electron chi connectivity index (χ1n) is 4.65. The summed E-state index contributed by atoms with van der Waals surface area (Å²) in [5.74, 6) is 0. The van der Waals surface area contributed by atoms with Gasteiger partial charge in [-0.05, 0) is 25.2 Å². The number of nitrogens with one attached hydrogen (secondary N) is 1. The summed E-state index contributed by atoms with van der Waals surface area (Å²) in [5, 5.41) is -0.140. The van der Waals surface area contributed by atoms with Crippen molar-refractivity contribution >= 4 is 27.6 Å². The average Bonchev–Trinajstić information content (AvgIpc) is 2.97. The van der Waals surface area contributed by atoms with E-state index in [2.05, 4.69) is 4.72 Å². The van der Waals surface area contributed by atoms with Gasteiger partial charge in [0.25, 0.3) is 10.0 Å². The average molecular weight is 271 g/mol. The van der Waals surface area contributed by atoms with Crippen LogP contribution < -0.4 is 4.72 Å². The molecule has 5 nitrogen and oxygen atoms in total. The maximum Gasteiger partial charge on any atom is 0.274 e. The molecule has 2 aromatic rings. The smallest absolute Gasteiger partial charge is 0.274 e. The van der Waals surface area contributed by atoms with E-state index >= 15 is 0 Å². The monoisotopic (exact) mass is 271 g/mol. The third kappa shape index (κ3) is 2.17. The molecule has 0 aliphatic heterocycles. The molecular weight excluding hydrogens is 262 g/mol. The lowest BCUT2D eigenvalue weighted by molar-refractivity contribution is 0.112. The Kier molecular flexibility index (Phi) is 3.14. The fourth-order valence-electron chi connectivity index (χ4n) is 1.34. The van der Waals surface area contributed by atoms with Crippen molar-refractivity contribution < 1.29 is 17.6 Å². The molecule has 7 heteroatoms. The molecule has 0 radical (unpaired) electrons. The van der Waals surface area contributed by atoms with Crippen molar-refractivity contribution in [1.82, 2.24) is 4.72 Å². The number of carbonyl (C=O) groups is 1. The quantitative estimate of drug-likeness (QED) is 0.859. The van der Waals surface area contributed by atoms with Crippen LogP contribution in [0.5, 0.6) is 0 Å². The molecule has 0 unspecified atom stereocenters. The normalized spacial score (nSPS) is 11.6. The number of carbonyl (C=O) groups excluding carboxylic acids is 1. The van der Waals surface area contributed by atoms with Crippen LogP contribution in [0.15, 0.2) is 34.0 Å². The predicted octanol–water partition coefficient (Wildman–Crippen LogP) is 1.73. The first kappa shape index (κ1) is 12.0. The molecule has 0 bridgehead atoms. The molecule has 0 aromatic carbocycles. The summed E-state index contributed by atoms with van der Waals surface area (Å²) in [6.45, 7) is 0. The summed E-state index contributed by atoms with van der Waals surface area (Å²) in [5.41, 5.74) is 0.456. The van der Waals surface area contributed by atoms with Gasteiger partial charge in [-0.2, -0.15) is 0 Å². The second-order valence-corrected chi connectivity index (χ2v) is 6.05. The number of hydrogen-bond acceptors (Lipinski definition) is 5. The minimum Gasteiger partial charge on any atom is -0.451 e. The summed E-state index contributed by atoms with van der Waals surface area (Å²) >= 11 is 1.21. The number of sulfonamides is 1. The molecule has 0 fully saturated rings. The van der Waals surface area contributed by atoms with Crippen molar-refractivity contribution in [3.05, 3.63) is 29.3 Å². The molecule has 0 aliphatic rings. The van der Waals surface area contributed by atoms with Crippen molar-refractivity contribution in [2.24, 2.45) is 0 Å². The van der Waals surface area contributed by atoms with Crippen molar-refractivity contribution in [3.8, 4) is 10.4 Å². The summed E-state index contributed by atoms with van der Waals surface area (Å²) < 4.78 is 30.5. The Morgan fingerprint density at radius 1 is 1.35 bits per heavy atom. The molecule has 0 aliphatic carbocycles. The van der Waals surface area contributed by atoms with E-state index in [1.807, 2.05) is 0 Å². The molecule has 90 valence electrons.